The Bertz CT molecular complexity index is 956. The molecule has 0 aliphatic heterocycles. The molecule has 2 aromatic carbocycles. The van der Waals surface area contributed by atoms with Gasteiger partial charge in [-0.05, 0) is 47.9 Å². The minimum Gasteiger partial charge on any atom is -0.307 e. The van der Waals surface area contributed by atoms with E-state index >= 15 is 0 Å². The summed E-state index contributed by atoms with van der Waals surface area (Å²) in [4.78, 5) is 12.0. The molecule has 3 rings (SSSR count). The van der Waals surface area contributed by atoms with Gasteiger partial charge in [0.1, 0.15) is 0 Å². The molecule has 0 saturated heterocycles. The van der Waals surface area contributed by atoms with Crippen molar-refractivity contribution in [3.05, 3.63) is 63.6 Å². The van der Waals surface area contributed by atoms with E-state index in [0.29, 0.717) is 17.1 Å². The molecule has 2 N–H and O–H groups in total. The Hall–Kier alpha value is -2.02. The SMILES string of the molecule is O=C(Nc1ccc(Cl)c(Cl)c1)NS(=O)(=O)c1ccc2c(c1)CC=C2. The molecule has 0 radical (unpaired) electrons. The summed E-state index contributed by atoms with van der Waals surface area (Å²) in [6, 6.07) is 8.30. The van der Waals surface area contributed by atoms with Crippen LogP contribution in [-0.2, 0) is 16.4 Å². The average Bonchev–Trinajstić information content (AvgIpc) is 2.98. The molecule has 2 aromatic rings. The molecule has 24 heavy (non-hydrogen) atoms. The third-order valence-electron chi connectivity index (χ3n) is 3.46. The lowest BCUT2D eigenvalue weighted by Crippen LogP contribution is -2.34. The van der Waals surface area contributed by atoms with Crippen molar-refractivity contribution in [1.82, 2.24) is 4.72 Å². The second-order valence-corrected chi connectivity index (χ2v) is 7.65. The molecule has 0 fully saturated rings. The highest BCUT2D eigenvalue weighted by Gasteiger charge is 2.19. The molecule has 124 valence electrons. The number of urea groups is 1. The zero-order valence-electron chi connectivity index (χ0n) is 12.2. The fourth-order valence-electron chi connectivity index (χ4n) is 2.31. The fourth-order valence-corrected chi connectivity index (χ4v) is 3.57. The van der Waals surface area contributed by atoms with Crippen molar-refractivity contribution in [2.45, 2.75) is 11.3 Å². The van der Waals surface area contributed by atoms with Crippen LogP contribution in [0.5, 0.6) is 0 Å². The number of carbonyl (C=O) groups excluding carboxylic acids is 1. The number of sulfonamides is 1. The van der Waals surface area contributed by atoms with Crippen molar-refractivity contribution in [1.29, 1.82) is 0 Å². The summed E-state index contributed by atoms with van der Waals surface area (Å²) < 4.78 is 26.6. The van der Waals surface area contributed by atoms with Gasteiger partial charge in [0.05, 0.1) is 14.9 Å². The van der Waals surface area contributed by atoms with E-state index in [1.165, 1.54) is 24.3 Å². The summed E-state index contributed by atoms with van der Waals surface area (Å²) >= 11 is 11.6. The predicted octanol–water partition coefficient (Wildman–Crippen LogP) is 4.07. The number of nitrogens with one attached hydrogen (secondary N) is 2. The van der Waals surface area contributed by atoms with Gasteiger partial charge in [-0.1, -0.05) is 41.4 Å². The van der Waals surface area contributed by atoms with E-state index in [1.807, 2.05) is 16.9 Å². The molecule has 0 unspecified atom stereocenters. The van der Waals surface area contributed by atoms with Crippen molar-refractivity contribution >= 4 is 51.0 Å². The number of carbonyl (C=O) groups is 1. The second kappa shape index (κ2) is 6.47. The number of allylic oxidation sites excluding steroid dienone is 1. The first-order chi connectivity index (χ1) is 11.3. The minimum atomic E-state index is -3.97. The van der Waals surface area contributed by atoms with Gasteiger partial charge >= 0.3 is 6.03 Å². The van der Waals surface area contributed by atoms with Crippen LogP contribution in [0.3, 0.4) is 0 Å². The van der Waals surface area contributed by atoms with E-state index in [9.17, 15) is 13.2 Å². The largest absolute Gasteiger partial charge is 0.333 e. The van der Waals surface area contributed by atoms with Gasteiger partial charge in [0.2, 0.25) is 0 Å². The van der Waals surface area contributed by atoms with Gasteiger partial charge in [-0.25, -0.2) is 17.9 Å². The maximum atomic E-state index is 12.3. The number of rotatable bonds is 3. The maximum Gasteiger partial charge on any atom is 0.333 e. The van der Waals surface area contributed by atoms with Crippen LogP contribution in [0.15, 0.2) is 47.4 Å². The van der Waals surface area contributed by atoms with Crippen LogP contribution >= 0.6 is 23.2 Å². The van der Waals surface area contributed by atoms with E-state index in [0.717, 1.165) is 11.1 Å². The van der Waals surface area contributed by atoms with E-state index in [2.05, 4.69) is 5.32 Å². The number of halogens is 2. The van der Waals surface area contributed by atoms with E-state index in [4.69, 9.17) is 23.2 Å². The zero-order valence-corrected chi connectivity index (χ0v) is 14.5. The summed E-state index contributed by atoms with van der Waals surface area (Å²) in [7, 11) is -3.97. The third-order valence-corrected chi connectivity index (χ3v) is 5.53. The summed E-state index contributed by atoms with van der Waals surface area (Å²) in [5.74, 6) is 0. The van der Waals surface area contributed by atoms with Crippen molar-refractivity contribution in [3.8, 4) is 0 Å². The lowest BCUT2D eigenvalue weighted by Gasteiger charge is -2.10. The maximum absolute atomic E-state index is 12.3. The zero-order chi connectivity index (χ0) is 17.3. The molecule has 1 aliphatic rings. The van der Waals surface area contributed by atoms with Crippen molar-refractivity contribution in [2.24, 2.45) is 0 Å². The van der Waals surface area contributed by atoms with Crippen LogP contribution in [0.2, 0.25) is 10.0 Å². The normalized spacial score (nSPS) is 12.8. The number of fused-ring (bicyclic) bond motifs is 1. The summed E-state index contributed by atoms with van der Waals surface area (Å²) in [5.41, 5.74) is 2.22. The molecule has 5 nitrogen and oxygen atoms in total. The first kappa shape index (κ1) is 16.8. The third kappa shape index (κ3) is 3.56. The van der Waals surface area contributed by atoms with Crippen LogP contribution in [0, 0.1) is 0 Å². The van der Waals surface area contributed by atoms with Crippen molar-refractivity contribution < 1.29 is 13.2 Å². The smallest absolute Gasteiger partial charge is 0.307 e. The molecular formula is C16H12Cl2N2O3S. The van der Waals surface area contributed by atoms with Crippen molar-refractivity contribution in [3.63, 3.8) is 0 Å². The minimum absolute atomic E-state index is 0.0363. The molecule has 2 amide bonds. The molecule has 0 spiro atoms. The number of benzene rings is 2. The lowest BCUT2D eigenvalue weighted by molar-refractivity contribution is 0.256. The molecular weight excluding hydrogens is 371 g/mol. The predicted molar refractivity (Wildman–Crippen MR) is 95.0 cm³/mol. The van der Waals surface area contributed by atoms with Gasteiger partial charge in [0, 0.05) is 5.69 Å². The Balaban J connectivity index is 1.74. The number of amides is 2. The van der Waals surface area contributed by atoms with Crippen LogP contribution in [-0.4, -0.2) is 14.4 Å². The average molecular weight is 383 g/mol. The highest BCUT2D eigenvalue weighted by atomic mass is 35.5. The van der Waals surface area contributed by atoms with Crippen LogP contribution < -0.4 is 10.0 Å². The number of hydrogen-bond donors (Lipinski definition) is 2. The molecule has 0 atom stereocenters. The van der Waals surface area contributed by atoms with Gasteiger partial charge in [0.25, 0.3) is 10.0 Å². The fraction of sp³-hybridized carbons (Fsp3) is 0.0625. The van der Waals surface area contributed by atoms with Gasteiger partial charge in [-0.3, -0.25) is 0 Å². The van der Waals surface area contributed by atoms with Crippen LogP contribution in [0.4, 0.5) is 10.5 Å². The first-order valence-corrected chi connectivity index (χ1v) is 9.17. The molecule has 0 heterocycles. The Morgan fingerprint density at radius 3 is 2.58 bits per heavy atom. The van der Waals surface area contributed by atoms with E-state index < -0.39 is 16.1 Å². The standard InChI is InChI=1S/C16H12Cl2N2O3S/c17-14-7-5-12(9-15(14)18)19-16(21)20-24(22,23)13-6-4-10-2-1-3-11(10)8-13/h1-2,4-9H,3H2,(H2,19,20,21). The van der Waals surface area contributed by atoms with Gasteiger partial charge in [0.15, 0.2) is 0 Å². The van der Waals surface area contributed by atoms with E-state index in [1.54, 1.807) is 12.1 Å². The monoisotopic (exact) mass is 382 g/mol. The van der Waals surface area contributed by atoms with E-state index in [-0.39, 0.29) is 9.92 Å². The Kier molecular flexibility index (Phi) is 4.54. The summed E-state index contributed by atoms with van der Waals surface area (Å²) in [5, 5.41) is 2.99. The molecule has 0 saturated carbocycles. The number of hydrogen-bond acceptors (Lipinski definition) is 3. The van der Waals surface area contributed by atoms with Crippen LogP contribution in [0.1, 0.15) is 11.1 Å². The molecule has 0 bridgehead atoms. The van der Waals surface area contributed by atoms with Gasteiger partial charge in [-0.2, -0.15) is 0 Å². The Labute approximate surface area is 149 Å². The highest BCUT2D eigenvalue weighted by molar-refractivity contribution is 7.90. The molecule has 1 aliphatic carbocycles. The Morgan fingerprint density at radius 1 is 1.04 bits per heavy atom. The number of anilines is 1. The lowest BCUT2D eigenvalue weighted by atomic mass is 10.1. The topological polar surface area (TPSA) is 75.3 Å². The first-order valence-electron chi connectivity index (χ1n) is 6.93. The summed E-state index contributed by atoms with van der Waals surface area (Å²) in [6.07, 6.45) is 4.55. The molecule has 0 aromatic heterocycles. The van der Waals surface area contributed by atoms with Crippen molar-refractivity contribution in [2.75, 3.05) is 5.32 Å². The van der Waals surface area contributed by atoms with Gasteiger partial charge < -0.3 is 5.32 Å². The second-order valence-electron chi connectivity index (χ2n) is 5.16. The Morgan fingerprint density at radius 2 is 1.83 bits per heavy atom. The van der Waals surface area contributed by atoms with Gasteiger partial charge in [-0.15, -0.1) is 0 Å². The molecule has 8 heteroatoms. The quantitative estimate of drug-likeness (QED) is 0.839. The highest BCUT2D eigenvalue weighted by Crippen LogP contribution is 2.25. The van der Waals surface area contributed by atoms with Crippen LogP contribution in [0.25, 0.3) is 6.08 Å². The summed E-state index contributed by atoms with van der Waals surface area (Å²) in [6.45, 7) is 0.